The van der Waals surface area contributed by atoms with Crippen molar-refractivity contribution in [2.24, 2.45) is 0 Å². The summed E-state index contributed by atoms with van der Waals surface area (Å²) in [7, 11) is 0. The van der Waals surface area contributed by atoms with Gasteiger partial charge in [0.2, 0.25) is 0 Å². The highest BCUT2D eigenvalue weighted by molar-refractivity contribution is 7.81. The van der Waals surface area contributed by atoms with Gasteiger partial charge in [-0.15, -0.1) is 0 Å². The minimum absolute atomic E-state index is 0.133. The molecular formula is C6H12OS. The van der Waals surface area contributed by atoms with Gasteiger partial charge in [-0.1, -0.05) is 13.8 Å². The lowest BCUT2D eigenvalue weighted by atomic mass is 10.4. The van der Waals surface area contributed by atoms with E-state index in [1.807, 2.05) is 13.8 Å². The van der Waals surface area contributed by atoms with Crippen LogP contribution < -0.4 is 0 Å². The van der Waals surface area contributed by atoms with E-state index >= 15 is 0 Å². The highest BCUT2D eigenvalue weighted by Gasteiger charge is 2.12. The van der Waals surface area contributed by atoms with Crippen LogP contribution in [0.5, 0.6) is 0 Å². The fourth-order valence-electron chi connectivity index (χ4n) is 0.609. The normalized spacial score (nSPS) is 17.5. The van der Waals surface area contributed by atoms with Crippen LogP contribution >= 0.6 is 12.6 Å². The predicted octanol–water partition coefficient (Wildman–Crippen LogP) is 1.67. The number of rotatable bonds is 2. The first-order chi connectivity index (χ1) is 3.42. The Bertz CT molecular complexity index is 91.2. The molecule has 1 nitrogen and oxygen atoms in total. The van der Waals surface area contributed by atoms with Crippen LogP contribution in [0.2, 0.25) is 0 Å². The van der Waals surface area contributed by atoms with Gasteiger partial charge in [-0.2, -0.15) is 12.6 Å². The van der Waals surface area contributed by atoms with Crippen LogP contribution in [0.1, 0.15) is 27.2 Å². The fourth-order valence-corrected chi connectivity index (χ4v) is 0.832. The maximum Gasteiger partial charge on any atom is 0.131 e. The molecule has 1 unspecified atom stereocenters. The van der Waals surface area contributed by atoms with Crippen LogP contribution in [0.25, 0.3) is 0 Å². The molecule has 48 valence electrons. The monoisotopic (exact) mass is 135 g/mol. The number of carbonyl (C=O) groups excluding carboxylic acids is 1. The second kappa shape index (κ2) is 2.53. The molecule has 0 bridgehead atoms. The molecule has 0 aromatic heterocycles. The van der Waals surface area contributed by atoms with E-state index in [1.54, 1.807) is 6.92 Å². The summed E-state index contributed by atoms with van der Waals surface area (Å²) >= 11 is 4.17. The summed E-state index contributed by atoms with van der Waals surface area (Å²) in [6.07, 6.45) is 0.552. The second-order valence-electron chi connectivity index (χ2n) is 2.69. The molecular weight excluding hydrogens is 123 g/mol. The summed E-state index contributed by atoms with van der Waals surface area (Å²) in [5.74, 6) is 0.199. The van der Waals surface area contributed by atoms with Gasteiger partial charge >= 0.3 is 0 Å². The van der Waals surface area contributed by atoms with Crippen molar-refractivity contribution < 1.29 is 4.79 Å². The number of hydrogen-bond donors (Lipinski definition) is 1. The quantitative estimate of drug-likeness (QED) is 0.450. The van der Waals surface area contributed by atoms with Gasteiger partial charge in [-0.3, -0.25) is 4.79 Å². The summed E-state index contributed by atoms with van der Waals surface area (Å²) in [6, 6.07) is 0. The summed E-state index contributed by atoms with van der Waals surface area (Å²) in [5.41, 5.74) is 0. The molecule has 0 aliphatic heterocycles. The highest BCUT2D eigenvalue weighted by atomic mass is 32.1. The molecule has 0 aromatic rings. The first-order valence-corrected chi connectivity index (χ1v) is 3.08. The second-order valence-corrected chi connectivity index (χ2v) is 3.90. The van der Waals surface area contributed by atoms with Crippen LogP contribution in [-0.2, 0) is 4.79 Å². The van der Waals surface area contributed by atoms with Crippen LogP contribution in [0, 0.1) is 0 Å². The van der Waals surface area contributed by atoms with Gasteiger partial charge in [0, 0.05) is 11.2 Å². The number of thiol groups is 1. The minimum Gasteiger partial charge on any atom is -0.300 e. The molecule has 0 N–H and O–H groups in total. The van der Waals surface area contributed by atoms with E-state index in [9.17, 15) is 4.79 Å². The summed E-state index contributed by atoms with van der Waals surface area (Å²) in [4.78, 5) is 10.4. The van der Waals surface area contributed by atoms with Gasteiger partial charge in [0.25, 0.3) is 0 Å². The average Bonchev–Trinajstić information content (AvgIpc) is 1.21. The molecule has 0 fully saturated rings. The molecule has 0 aliphatic rings. The van der Waals surface area contributed by atoms with E-state index < -0.39 is 0 Å². The molecule has 0 aliphatic carbocycles. The van der Waals surface area contributed by atoms with E-state index in [0.717, 1.165) is 0 Å². The Kier molecular flexibility index (Phi) is 2.54. The predicted molar refractivity (Wildman–Crippen MR) is 38.4 cm³/mol. The molecule has 8 heavy (non-hydrogen) atoms. The van der Waals surface area contributed by atoms with Crippen LogP contribution in [0.15, 0.2) is 0 Å². The number of Topliss-reactive ketones (excluding diaryl/α,β-unsaturated/α-hetero) is 1. The minimum atomic E-state index is -0.133. The van der Waals surface area contributed by atoms with Gasteiger partial charge in [0.05, 0.1) is 0 Å². The molecule has 0 amide bonds. The van der Waals surface area contributed by atoms with Crippen molar-refractivity contribution in [1.29, 1.82) is 0 Å². The largest absolute Gasteiger partial charge is 0.300 e. The molecule has 2 heteroatoms. The standard InChI is InChI=1S/C6H12OS/c1-5(7)4-6(2,3)8/h8H,4H2,1-3H3/i1+1,2+1,4+1. The van der Waals surface area contributed by atoms with Crippen LogP contribution in [0.4, 0.5) is 0 Å². The van der Waals surface area contributed by atoms with Crippen molar-refractivity contribution in [3.8, 4) is 0 Å². The lowest BCUT2D eigenvalue weighted by Crippen LogP contribution is -2.14. The molecule has 0 spiro atoms. The van der Waals surface area contributed by atoms with Gasteiger partial charge in [0.15, 0.2) is 0 Å². The summed E-state index contributed by atoms with van der Waals surface area (Å²) in [6.45, 7) is 5.44. The zero-order chi connectivity index (χ0) is 6.78. The van der Waals surface area contributed by atoms with E-state index in [2.05, 4.69) is 12.6 Å². The fraction of sp³-hybridized carbons (Fsp3) is 0.833. The molecule has 1 atom stereocenters. The van der Waals surface area contributed by atoms with Crippen molar-refractivity contribution in [1.82, 2.24) is 0 Å². The Labute approximate surface area is 55.9 Å². The van der Waals surface area contributed by atoms with Gasteiger partial charge < -0.3 is 0 Å². The van der Waals surface area contributed by atoms with E-state index in [4.69, 9.17) is 0 Å². The third kappa shape index (κ3) is 6.02. The number of hydrogen-bond acceptors (Lipinski definition) is 2. The van der Waals surface area contributed by atoms with Crippen LogP contribution in [0.3, 0.4) is 0 Å². The summed E-state index contributed by atoms with van der Waals surface area (Å²) < 4.78 is -0.133. The maximum atomic E-state index is 10.4. The first-order valence-electron chi connectivity index (χ1n) is 2.63. The Balaban J connectivity index is 3.55. The van der Waals surface area contributed by atoms with Crippen LogP contribution in [-0.4, -0.2) is 10.5 Å². The van der Waals surface area contributed by atoms with Crippen molar-refractivity contribution in [2.75, 3.05) is 0 Å². The third-order valence-corrected chi connectivity index (χ3v) is 0.840. The zero-order valence-electron chi connectivity index (χ0n) is 5.56. The molecule has 0 aromatic carbocycles. The van der Waals surface area contributed by atoms with Crippen molar-refractivity contribution >= 4 is 18.4 Å². The molecule has 0 saturated carbocycles. The maximum absolute atomic E-state index is 10.4. The molecule has 0 heterocycles. The number of carbonyl (C=O) groups is 1. The van der Waals surface area contributed by atoms with Crippen molar-refractivity contribution in [3.63, 3.8) is 0 Å². The summed E-state index contributed by atoms with van der Waals surface area (Å²) in [5, 5.41) is 0. The Morgan fingerprint density at radius 3 is 2.00 bits per heavy atom. The van der Waals surface area contributed by atoms with E-state index in [0.29, 0.717) is 6.42 Å². The van der Waals surface area contributed by atoms with Crippen molar-refractivity contribution in [2.45, 2.75) is 31.9 Å². The van der Waals surface area contributed by atoms with Gasteiger partial charge in [-0.05, 0) is 6.92 Å². The zero-order valence-corrected chi connectivity index (χ0v) is 6.46. The number of ketones is 1. The smallest absolute Gasteiger partial charge is 0.131 e. The molecule has 0 rings (SSSR count). The molecule has 0 saturated heterocycles. The van der Waals surface area contributed by atoms with Crippen molar-refractivity contribution in [3.05, 3.63) is 0 Å². The Hall–Kier alpha value is 0.0200. The Morgan fingerprint density at radius 1 is 1.62 bits per heavy atom. The highest BCUT2D eigenvalue weighted by Crippen LogP contribution is 2.16. The molecule has 0 radical (unpaired) electrons. The van der Waals surface area contributed by atoms with E-state index in [1.165, 1.54) is 0 Å². The van der Waals surface area contributed by atoms with Gasteiger partial charge in [0.1, 0.15) is 5.78 Å². The lowest BCUT2D eigenvalue weighted by molar-refractivity contribution is -0.117. The lowest BCUT2D eigenvalue weighted by Gasteiger charge is -2.13. The topological polar surface area (TPSA) is 17.1 Å². The third-order valence-electron chi connectivity index (χ3n) is 0.682. The SMILES string of the molecule is CC([13CH3])(S)[13CH2]C([13CH3])=O. The first kappa shape index (κ1) is 8.02. The van der Waals surface area contributed by atoms with Gasteiger partial charge in [-0.25, -0.2) is 0 Å². The average molecular weight is 135 g/mol. The van der Waals surface area contributed by atoms with E-state index in [-0.39, 0.29) is 10.5 Å². The Morgan fingerprint density at radius 2 is 2.00 bits per heavy atom.